The first kappa shape index (κ1) is 20.2. The number of carbonyl (C=O) groups is 1. The van der Waals surface area contributed by atoms with Crippen molar-refractivity contribution >= 4 is 27.0 Å². The van der Waals surface area contributed by atoms with E-state index in [-0.39, 0.29) is 10.8 Å². The zero-order chi connectivity index (χ0) is 21.4. The maximum atomic E-state index is 13.1. The van der Waals surface area contributed by atoms with Gasteiger partial charge >= 0.3 is 0 Å². The molecule has 162 valence electrons. The Hall–Kier alpha value is -2.71. The number of nitrogens with one attached hydrogen (secondary N) is 1. The van der Waals surface area contributed by atoms with Crippen molar-refractivity contribution in [1.29, 1.82) is 0 Å². The summed E-state index contributed by atoms with van der Waals surface area (Å²) in [7, 11) is -3.64. The van der Waals surface area contributed by atoms with E-state index in [1.807, 2.05) is 0 Å². The van der Waals surface area contributed by atoms with Crippen LogP contribution in [0.15, 0.2) is 47.6 Å². The van der Waals surface area contributed by atoms with Crippen molar-refractivity contribution in [2.75, 3.05) is 26.2 Å². The predicted molar refractivity (Wildman–Crippen MR) is 118 cm³/mol. The van der Waals surface area contributed by atoms with Crippen LogP contribution in [0.4, 0.5) is 0 Å². The van der Waals surface area contributed by atoms with Gasteiger partial charge in [0.15, 0.2) is 0 Å². The molecule has 5 rings (SSSR count). The van der Waals surface area contributed by atoms with E-state index in [4.69, 9.17) is 0 Å². The van der Waals surface area contributed by atoms with Crippen molar-refractivity contribution in [2.24, 2.45) is 0 Å². The van der Waals surface area contributed by atoms with Crippen LogP contribution in [-0.2, 0) is 34.1 Å². The van der Waals surface area contributed by atoms with Crippen molar-refractivity contribution in [2.45, 2.75) is 37.0 Å². The molecule has 0 saturated carbocycles. The normalized spacial score (nSPS) is 17.6. The fraction of sp³-hybridized carbons (Fsp3) is 0.391. The minimum Gasteiger partial charge on any atom is -0.345 e. The minimum atomic E-state index is -3.64. The Kier molecular flexibility index (Phi) is 5.27. The summed E-state index contributed by atoms with van der Waals surface area (Å²) in [5.74, 6) is 0.0594. The van der Waals surface area contributed by atoms with Crippen LogP contribution in [0.1, 0.15) is 29.5 Å². The van der Waals surface area contributed by atoms with Crippen LogP contribution in [0.2, 0.25) is 0 Å². The first-order valence-corrected chi connectivity index (χ1v) is 12.3. The van der Waals surface area contributed by atoms with E-state index in [9.17, 15) is 13.2 Å². The number of aryl methyl sites for hydroxylation is 2. The molecule has 0 bridgehead atoms. The molecule has 8 heteroatoms. The van der Waals surface area contributed by atoms with Crippen LogP contribution < -0.4 is 0 Å². The quantitative estimate of drug-likeness (QED) is 0.678. The molecule has 1 amide bonds. The fourth-order valence-corrected chi connectivity index (χ4v) is 6.22. The van der Waals surface area contributed by atoms with Gasteiger partial charge in [-0.25, -0.2) is 13.4 Å². The van der Waals surface area contributed by atoms with Gasteiger partial charge in [0, 0.05) is 44.0 Å². The first-order valence-electron chi connectivity index (χ1n) is 10.8. The zero-order valence-corrected chi connectivity index (χ0v) is 18.2. The zero-order valence-electron chi connectivity index (χ0n) is 17.4. The number of sulfonamides is 1. The number of carbonyl (C=O) groups excluding carboxylic acids is 1. The predicted octanol–water partition coefficient (Wildman–Crippen LogP) is 2.52. The van der Waals surface area contributed by atoms with Gasteiger partial charge in [-0.1, -0.05) is 18.2 Å². The molecule has 1 fully saturated rings. The number of fused-ring (bicyclic) bond motifs is 2. The molecule has 1 aromatic carbocycles. The molecule has 2 aromatic heterocycles. The van der Waals surface area contributed by atoms with Gasteiger partial charge in [-0.05, 0) is 54.5 Å². The third kappa shape index (κ3) is 3.85. The maximum Gasteiger partial charge on any atom is 0.245 e. The van der Waals surface area contributed by atoms with E-state index in [2.05, 4.69) is 28.2 Å². The highest BCUT2D eigenvalue weighted by atomic mass is 32.2. The van der Waals surface area contributed by atoms with Crippen LogP contribution in [0.25, 0.3) is 11.0 Å². The molecule has 31 heavy (non-hydrogen) atoms. The Bertz CT molecular complexity index is 1230. The summed E-state index contributed by atoms with van der Waals surface area (Å²) < 4.78 is 27.7. The smallest absolute Gasteiger partial charge is 0.245 e. The number of H-pyrrole nitrogens is 1. The van der Waals surface area contributed by atoms with Gasteiger partial charge < -0.3 is 9.88 Å². The second kappa shape index (κ2) is 8.09. The number of aromatic amines is 1. The molecule has 1 saturated heterocycles. The SMILES string of the molecule is O=C(Cc1ccc2c(c1)CCCC2)N1CCN(S(=O)(=O)c2c[nH]c3ncccc23)CC1. The molecule has 1 aliphatic carbocycles. The standard InChI is InChI=1S/C23H26N4O3S/c28-22(15-17-7-8-18-4-1-2-5-19(18)14-17)26-10-12-27(13-11-26)31(29,30)21-16-25-23-20(21)6-3-9-24-23/h3,6-9,14,16H,1-2,4-5,10-13,15H2,(H,24,25). The van der Waals surface area contributed by atoms with Crippen molar-refractivity contribution in [1.82, 2.24) is 19.2 Å². The van der Waals surface area contributed by atoms with Crippen LogP contribution in [0, 0.1) is 0 Å². The highest BCUT2D eigenvalue weighted by molar-refractivity contribution is 7.89. The molecule has 3 aromatic rings. The lowest BCUT2D eigenvalue weighted by atomic mass is 9.90. The summed E-state index contributed by atoms with van der Waals surface area (Å²) in [5.41, 5.74) is 4.39. The summed E-state index contributed by atoms with van der Waals surface area (Å²) in [4.78, 5) is 22.0. The van der Waals surface area contributed by atoms with Crippen LogP contribution in [0.5, 0.6) is 0 Å². The first-order chi connectivity index (χ1) is 15.0. The van der Waals surface area contributed by atoms with Crippen LogP contribution in [0.3, 0.4) is 0 Å². The largest absolute Gasteiger partial charge is 0.345 e. The Morgan fingerprint density at radius 2 is 1.81 bits per heavy atom. The Morgan fingerprint density at radius 1 is 1.03 bits per heavy atom. The number of benzene rings is 1. The highest BCUT2D eigenvalue weighted by Gasteiger charge is 2.32. The van der Waals surface area contributed by atoms with Crippen LogP contribution >= 0.6 is 0 Å². The molecule has 1 aliphatic heterocycles. The molecule has 2 aliphatic rings. The molecule has 7 nitrogen and oxygen atoms in total. The van der Waals surface area contributed by atoms with Crippen molar-refractivity contribution < 1.29 is 13.2 Å². The molecule has 1 N–H and O–H groups in total. The van der Waals surface area contributed by atoms with E-state index >= 15 is 0 Å². The third-order valence-corrected chi connectivity index (χ3v) is 8.33. The van der Waals surface area contributed by atoms with E-state index in [1.54, 1.807) is 23.2 Å². The maximum absolute atomic E-state index is 13.1. The number of rotatable bonds is 4. The second-order valence-electron chi connectivity index (χ2n) is 8.32. The van der Waals surface area contributed by atoms with Crippen molar-refractivity contribution in [3.63, 3.8) is 0 Å². The number of nitrogens with zero attached hydrogens (tertiary/aromatic N) is 3. The number of amides is 1. The summed E-state index contributed by atoms with van der Waals surface area (Å²) in [6.07, 6.45) is 8.18. The molecule has 0 spiro atoms. The summed E-state index contributed by atoms with van der Waals surface area (Å²) >= 11 is 0. The number of pyridine rings is 1. The minimum absolute atomic E-state index is 0.0594. The third-order valence-electron chi connectivity index (χ3n) is 6.39. The second-order valence-corrected chi connectivity index (χ2v) is 10.2. The molecular formula is C23H26N4O3S. The monoisotopic (exact) mass is 438 g/mol. The molecular weight excluding hydrogens is 412 g/mol. The topological polar surface area (TPSA) is 86.4 Å². The lowest BCUT2D eigenvalue weighted by Crippen LogP contribution is -2.50. The summed E-state index contributed by atoms with van der Waals surface area (Å²) in [6, 6.07) is 9.89. The fourth-order valence-electron chi connectivity index (χ4n) is 4.64. The van der Waals surface area contributed by atoms with Gasteiger partial charge in [0.25, 0.3) is 0 Å². The van der Waals surface area contributed by atoms with E-state index < -0.39 is 10.0 Å². The molecule has 0 atom stereocenters. The average Bonchev–Trinajstić information content (AvgIpc) is 3.24. The van der Waals surface area contributed by atoms with Gasteiger partial charge in [0.1, 0.15) is 10.5 Å². The van der Waals surface area contributed by atoms with Gasteiger partial charge in [0.05, 0.1) is 6.42 Å². The van der Waals surface area contributed by atoms with Crippen molar-refractivity contribution in [3.8, 4) is 0 Å². The van der Waals surface area contributed by atoms with Gasteiger partial charge in [-0.3, -0.25) is 4.79 Å². The lowest BCUT2D eigenvalue weighted by molar-refractivity contribution is -0.131. The van der Waals surface area contributed by atoms with E-state index in [0.29, 0.717) is 43.6 Å². The number of hydrogen-bond acceptors (Lipinski definition) is 4. The van der Waals surface area contributed by atoms with Gasteiger partial charge in [0.2, 0.25) is 15.9 Å². The molecule has 0 radical (unpaired) electrons. The highest BCUT2D eigenvalue weighted by Crippen LogP contribution is 2.26. The van der Waals surface area contributed by atoms with E-state index in [0.717, 1.165) is 18.4 Å². The number of hydrogen-bond donors (Lipinski definition) is 1. The van der Waals surface area contributed by atoms with Crippen LogP contribution in [-0.4, -0.2) is 59.7 Å². The Morgan fingerprint density at radius 3 is 2.61 bits per heavy atom. The Balaban J connectivity index is 1.24. The number of aromatic nitrogens is 2. The van der Waals surface area contributed by atoms with Gasteiger partial charge in [-0.15, -0.1) is 0 Å². The molecule has 0 unspecified atom stereocenters. The summed E-state index contributed by atoms with van der Waals surface area (Å²) in [5, 5.41) is 0.591. The molecule has 3 heterocycles. The average molecular weight is 439 g/mol. The number of piperazine rings is 1. The van der Waals surface area contributed by atoms with Gasteiger partial charge in [-0.2, -0.15) is 4.31 Å². The van der Waals surface area contributed by atoms with Crippen molar-refractivity contribution in [3.05, 3.63) is 59.4 Å². The lowest BCUT2D eigenvalue weighted by Gasteiger charge is -2.34. The Labute approximate surface area is 182 Å². The van der Waals surface area contributed by atoms with E-state index in [1.165, 1.54) is 34.5 Å². The summed E-state index contributed by atoms with van der Waals surface area (Å²) in [6.45, 7) is 1.41.